The van der Waals surface area contributed by atoms with Crippen molar-refractivity contribution in [2.45, 2.75) is 19.9 Å². The number of amides is 1. The summed E-state index contributed by atoms with van der Waals surface area (Å²) >= 11 is 0. The molecule has 2 aromatic carbocycles. The number of aryl methyl sites for hydroxylation is 1. The van der Waals surface area contributed by atoms with E-state index in [2.05, 4.69) is 10.3 Å². The molecule has 0 saturated heterocycles. The van der Waals surface area contributed by atoms with Crippen LogP contribution in [0.3, 0.4) is 0 Å². The minimum Gasteiger partial charge on any atom is -0.493 e. The average Bonchev–Trinajstić information content (AvgIpc) is 2.78. The van der Waals surface area contributed by atoms with Crippen molar-refractivity contribution in [1.29, 1.82) is 0 Å². The third kappa shape index (κ3) is 4.38. The minimum atomic E-state index is -0.278. The van der Waals surface area contributed by atoms with Crippen LogP contribution in [-0.2, 0) is 0 Å². The first-order valence-electron chi connectivity index (χ1n) is 9.62. The summed E-state index contributed by atoms with van der Waals surface area (Å²) < 4.78 is 16.2. The molecule has 6 nitrogen and oxygen atoms in total. The van der Waals surface area contributed by atoms with E-state index >= 15 is 0 Å². The van der Waals surface area contributed by atoms with Crippen molar-refractivity contribution < 1.29 is 19.0 Å². The SMILES string of the molecule is COc1cc([C@H](C)NC(=O)c2ccc(-c3ccccc3)nc2C)cc(OC)c1OC. The molecule has 6 heteroatoms. The first kappa shape index (κ1) is 21.2. The van der Waals surface area contributed by atoms with E-state index in [9.17, 15) is 4.79 Å². The smallest absolute Gasteiger partial charge is 0.253 e. The summed E-state index contributed by atoms with van der Waals surface area (Å²) in [6, 6.07) is 16.9. The second-order valence-corrected chi connectivity index (χ2v) is 6.85. The number of hydrogen-bond acceptors (Lipinski definition) is 5. The number of nitrogens with zero attached hydrogens (tertiary/aromatic N) is 1. The Bertz CT molecular complexity index is 1010. The predicted octanol–water partition coefficient (Wildman–Crippen LogP) is 4.57. The van der Waals surface area contributed by atoms with Crippen molar-refractivity contribution in [3.8, 4) is 28.5 Å². The maximum Gasteiger partial charge on any atom is 0.253 e. The Labute approximate surface area is 176 Å². The molecule has 0 radical (unpaired) electrons. The number of rotatable bonds is 7. The van der Waals surface area contributed by atoms with E-state index in [0.29, 0.717) is 28.5 Å². The molecule has 0 spiro atoms. The zero-order valence-electron chi connectivity index (χ0n) is 17.9. The average molecular weight is 406 g/mol. The maximum atomic E-state index is 12.9. The van der Waals surface area contributed by atoms with Crippen molar-refractivity contribution in [2.24, 2.45) is 0 Å². The standard InChI is InChI=1S/C24H26N2O4/c1-15(18-13-21(28-3)23(30-5)22(14-18)29-4)26-24(27)19-11-12-20(25-16(19)2)17-9-7-6-8-10-17/h6-15H,1-5H3,(H,26,27)/t15-/m0/s1. The predicted molar refractivity (Wildman–Crippen MR) is 116 cm³/mol. The summed E-state index contributed by atoms with van der Waals surface area (Å²) in [5.41, 5.74) is 3.89. The van der Waals surface area contributed by atoms with Gasteiger partial charge in [0, 0.05) is 5.56 Å². The number of methoxy groups -OCH3 is 3. The van der Waals surface area contributed by atoms with Crippen LogP contribution in [0, 0.1) is 6.92 Å². The quantitative estimate of drug-likeness (QED) is 0.622. The van der Waals surface area contributed by atoms with E-state index in [0.717, 1.165) is 16.8 Å². The van der Waals surface area contributed by atoms with Crippen LogP contribution < -0.4 is 19.5 Å². The lowest BCUT2D eigenvalue weighted by Gasteiger charge is -2.19. The van der Waals surface area contributed by atoms with Gasteiger partial charge in [-0.3, -0.25) is 9.78 Å². The summed E-state index contributed by atoms with van der Waals surface area (Å²) in [7, 11) is 4.68. The molecule has 1 amide bonds. The normalized spacial score (nSPS) is 11.5. The maximum absolute atomic E-state index is 12.9. The fraction of sp³-hybridized carbons (Fsp3) is 0.250. The summed E-state index contributed by atoms with van der Waals surface area (Å²) in [5, 5.41) is 3.02. The zero-order chi connectivity index (χ0) is 21.7. The van der Waals surface area contributed by atoms with Gasteiger partial charge in [0.25, 0.3) is 5.91 Å². The monoisotopic (exact) mass is 406 g/mol. The topological polar surface area (TPSA) is 69.7 Å². The molecule has 0 fully saturated rings. The molecular weight excluding hydrogens is 380 g/mol. The van der Waals surface area contributed by atoms with Gasteiger partial charge in [0.1, 0.15) is 0 Å². The van der Waals surface area contributed by atoms with Crippen LogP contribution >= 0.6 is 0 Å². The van der Waals surface area contributed by atoms with Gasteiger partial charge in [0.15, 0.2) is 11.5 Å². The highest BCUT2D eigenvalue weighted by molar-refractivity contribution is 5.95. The van der Waals surface area contributed by atoms with Gasteiger partial charge in [0.2, 0.25) is 5.75 Å². The summed E-state index contributed by atoms with van der Waals surface area (Å²) in [6.07, 6.45) is 0. The molecule has 0 unspecified atom stereocenters. The Balaban J connectivity index is 1.82. The molecular formula is C24H26N2O4. The first-order chi connectivity index (χ1) is 14.5. The van der Waals surface area contributed by atoms with Gasteiger partial charge in [-0.15, -0.1) is 0 Å². The van der Waals surface area contributed by atoms with Gasteiger partial charge in [-0.25, -0.2) is 0 Å². The van der Waals surface area contributed by atoms with Crippen molar-refractivity contribution in [2.75, 3.05) is 21.3 Å². The highest BCUT2D eigenvalue weighted by Crippen LogP contribution is 2.39. The highest BCUT2D eigenvalue weighted by atomic mass is 16.5. The van der Waals surface area contributed by atoms with Crippen LogP contribution in [-0.4, -0.2) is 32.2 Å². The van der Waals surface area contributed by atoms with Gasteiger partial charge in [-0.05, 0) is 43.7 Å². The lowest BCUT2D eigenvalue weighted by Crippen LogP contribution is -2.27. The lowest BCUT2D eigenvalue weighted by molar-refractivity contribution is 0.0938. The number of ether oxygens (including phenoxy) is 3. The molecule has 1 heterocycles. The second-order valence-electron chi connectivity index (χ2n) is 6.85. The molecule has 1 N–H and O–H groups in total. The Hall–Kier alpha value is -3.54. The second kappa shape index (κ2) is 9.31. The van der Waals surface area contributed by atoms with Crippen molar-refractivity contribution in [3.05, 3.63) is 71.4 Å². The number of pyridine rings is 1. The van der Waals surface area contributed by atoms with Gasteiger partial charge in [-0.2, -0.15) is 0 Å². The van der Waals surface area contributed by atoms with E-state index in [1.54, 1.807) is 21.3 Å². The van der Waals surface area contributed by atoms with Crippen LogP contribution in [0.5, 0.6) is 17.2 Å². The number of hydrogen-bond donors (Lipinski definition) is 1. The first-order valence-corrected chi connectivity index (χ1v) is 9.62. The Morgan fingerprint density at radius 2 is 1.57 bits per heavy atom. The molecule has 30 heavy (non-hydrogen) atoms. The number of aromatic nitrogens is 1. The van der Waals surface area contributed by atoms with Crippen LogP contribution in [0.1, 0.15) is 34.6 Å². The zero-order valence-corrected chi connectivity index (χ0v) is 17.9. The Morgan fingerprint density at radius 1 is 0.933 bits per heavy atom. The Morgan fingerprint density at radius 3 is 2.10 bits per heavy atom. The fourth-order valence-electron chi connectivity index (χ4n) is 3.28. The lowest BCUT2D eigenvalue weighted by atomic mass is 10.0. The van der Waals surface area contributed by atoms with Crippen LogP contribution in [0.25, 0.3) is 11.3 Å². The molecule has 1 atom stereocenters. The molecule has 3 aromatic rings. The summed E-state index contributed by atoms with van der Waals surface area (Å²) in [5.74, 6) is 1.40. The molecule has 0 aliphatic rings. The molecule has 0 saturated carbocycles. The van der Waals surface area contributed by atoms with E-state index in [1.165, 1.54) is 0 Å². The van der Waals surface area contributed by atoms with Gasteiger partial charge in [-0.1, -0.05) is 30.3 Å². The fourth-order valence-corrected chi connectivity index (χ4v) is 3.28. The number of nitrogens with one attached hydrogen (secondary N) is 1. The van der Waals surface area contributed by atoms with E-state index < -0.39 is 0 Å². The summed E-state index contributed by atoms with van der Waals surface area (Å²) in [6.45, 7) is 3.74. The largest absolute Gasteiger partial charge is 0.493 e. The Kier molecular flexibility index (Phi) is 6.57. The molecule has 3 rings (SSSR count). The van der Waals surface area contributed by atoms with Crippen LogP contribution in [0.2, 0.25) is 0 Å². The third-order valence-electron chi connectivity index (χ3n) is 4.93. The summed E-state index contributed by atoms with van der Waals surface area (Å²) in [4.78, 5) is 17.5. The van der Waals surface area contributed by atoms with Crippen LogP contribution in [0.15, 0.2) is 54.6 Å². The van der Waals surface area contributed by atoms with Gasteiger partial charge < -0.3 is 19.5 Å². The van der Waals surface area contributed by atoms with Crippen molar-refractivity contribution in [1.82, 2.24) is 10.3 Å². The minimum absolute atomic E-state index is 0.194. The van der Waals surface area contributed by atoms with Crippen molar-refractivity contribution >= 4 is 5.91 Å². The number of carbonyl (C=O) groups is 1. The van der Waals surface area contributed by atoms with Gasteiger partial charge >= 0.3 is 0 Å². The van der Waals surface area contributed by atoms with Crippen molar-refractivity contribution in [3.63, 3.8) is 0 Å². The van der Waals surface area contributed by atoms with E-state index in [4.69, 9.17) is 14.2 Å². The molecule has 156 valence electrons. The molecule has 1 aromatic heterocycles. The van der Waals surface area contributed by atoms with Gasteiger partial charge in [0.05, 0.1) is 44.3 Å². The molecule has 0 bridgehead atoms. The highest BCUT2D eigenvalue weighted by Gasteiger charge is 2.19. The number of carbonyl (C=O) groups excluding carboxylic acids is 1. The number of benzene rings is 2. The van der Waals surface area contributed by atoms with E-state index in [-0.39, 0.29) is 11.9 Å². The third-order valence-corrected chi connectivity index (χ3v) is 4.93. The van der Waals surface area contributed by atoms with Crippen LogP contribution in [0.4, 0.5) is 0 Å². The van der Waals surface area contributed by atoms with E-state index in [1.807, 2.05) is 68.4 Å². The molecule has 0 aliphatic heterocycles. The molecule has 0 aliphatic carbocycles.